The van der Waals surface area contributed by atoms with E-state index >= 15 is 0 Å². The number of rotatable bonds is 2. The molecule has 0 atom stereocenters. The minimum absolute atomic E-state index is 0.152. The Morgan fingerprint density at radius 2 is 2.12 bits per heavy atom. The van der Waals surface area contributed by atoms with Gasteiger partial charge < -0.3 is 5.32 Å². The molecule has 1 rings (SSSR count). The van der Waals surface area contributed by atoms with Crippen LogP contribution in [0.25, 0.3) is 0 Å². The number of nitrogens with one attached hydrogen (secondary N) is 1. The first kappa shape index (κ1) is 13.1. The van der Waals surface area contributed by atoms with E-state index in [9.17, 15) is 18.0 Å². The number of alkyl halides is 4. The minimum Gasteiger partial charge on any atom is -0.308 e. The summed E-state index contributed by atoms with van der Waals surface area (Å²) < 4.78 is 36.7. The molecule has 1 N–H and O–H groups in total. The van der Waals surface area contributed by atoms with Gasteiger partial charge in [-0.15, -0.1) is 11.6 Å². The Balaban J connectivity index is 2.96. The van der Waals surface area contributed by atoms with Crippen LogP contribution in [0.2, 0.25) is 5.02 Å². The molecule has 0 unspecified atom stereocenters. The largest absolute Gasteiger partial charge is 0.417 e. The van der Waals surface area contributed by atoms with Crippen LogP contribution in [0.15, 0.2) is 12.3 Å². The van der Waals surface area contributed by atoms with E-state index < -0.39 is 17.6 Å². The number of pyridine rings is 1. The second-order valence-electron chi connectivity index (χ2n) is 2.73. The monoisotopic (exact) mass is 272 g/mol. The fourth-order valence-corrected chi connectivity index (χ4v) is 1.13. The number of amides is 1. The van der Waals surface area contributed by atoms with E-state index in [-0.39, 0.29) is 16.7 Å². The summed E-state index contributed by atoms with van der Waals surface area (Å²) in [5.41, 5.74) is -0.985. The second kappa shape index (κ2) is 4.88. The average Bonchev–Trinajstić information content (AvgIpc) is 2.19. The zero-order chi connectivity index (χ0) is 12.3. The van der Waals surface area contributed by atoms with Gasteiger partial charge in [-0.2, -0.15) is 13.2 Å². The zero-order valence-electron chi connectivity index (χ0n) is 7.61. The third-order valence-electron chi connectivity index (χ3n) is 1.55. The molecule has 16 heavy (non-hydrogen) atoms. The highest BCUT2D eigenvalue weighted by Crippen LogP contribution is 2.32. The molecule has 0 aromatic carbocycles. The number of aromatic nitrogens is 1. The molecular weight excluding hydrogens is 268 g/mol. The fourth-order valence-electron chi connectivity index (χ4n) is 0.850. The predicted molar refractivity (Wildman–Crippen MR) is 53.6 cm³/mol. The number of carbonyl (C=O) groups excluding carboxylic acids is 1. The Morgan fingerprint density at radius 3 is 2.56 bits per heavy atom. The molecule has 0 aliphatic carbocycles. The maximum atomic E-state index is 12.2. The lowest BCUT2D eigenvalue weighted by molar-refractivity contribution is -0.137. The summed E-state index contributed by atoms with van der Waals surface area (Å²) in [6.45, 7) is 0. The Bertz CT molecular complexity index is 409. The van der Waals surface area contributed by atoms with Crippen LogP contribution >= 0.6 is 23.2 Å². The fraction of sp³-hybridized carbons (Fsp3) is 0.250. The first-order valence-electron chi connectivity index (χ1n) is 3.93. The van der Waals surface area contributed by atoms with Crippen molar-refractivity contribution in [1.29, 1.82) is 0 Å². The van der Waals surface area contributed by atoms with Gasteiger partial charge in [-0.3, -0.25) is 4.79 Å². The number of nitrogens with zero attached hydrogens (tertiary/aromatic N) is 1. The maximum Gasteiger partial charge on any atom is 0.417 e. The maximum absolute atomic E-state index is 12.2. The third-order valence-corrected chi connectivity index (χ3v) is 2.08. The smallest absolute Gasteiger partial charge is 0.308 e. The summed E-state index contributed by atoms with van der Waals surface area (Å²) in [5, 5.41) is 1.86. The Hall–Kier alpha value is -1.01. The molecule has 1 heterocycles. The van der Waals surface area contributed by atoms with Crippen molar-refractivity contribution in [2.45, 2.75) is 6.18 Å². The van der Waals surface area contributed by atoms with Crippen LogP contribution in [0.3, 0.4) is 0 Å². The molecule has 0 saturated heterocycles. The number of hydrogen-bond acceptors (Lipinski definition) is 2. The van der Waals surface area contributed by atoms with Crippen LogP contribution < -0.4 is 5.32 Å². The van der Waals surface area contributed by atoms with Gasteiger partial charge in [0.1, 0.15) is 5.88 Å². The van der Waals surface area contributed by atoms with Crippen molar-refractivity contribution in [3.63, 3.8) is 0 Å². The van der Waals surface area contributed by atoms with Crippen molar-refractivity contribution in [1.82, 2.24) is 4.98 Å². The Morgan fingerprint density at radius 1 is 1.50 bits per heavy atom. The van der Waals surface area contributed by atoms with Gasteiger partial charge in [-0.1, -0.05) is 11.6 Å². The van der Waals surface area contributed by atoms with Crippen LogP contribution in [0.5, 0.6) is 0 Å². The van der Waals surface area contributed by atoms with Gasteiger partial charge in [-0.25, -0.2) is 4.98 Å². The van der Waals surface area contributed by atoms with E-state index in [4.69, 9.17) is 23.2 Å². The molecule has 0 aliphatic rings. The van der Waals surface area contributed by atoms with Crippen LogP contribution in [0, 0.1) is 0 Å². The summed E-state index contributed by atoms with van der Waals surface area (Å²) in [5.74, 6) is -1.09. The van der Waals surface area contributed by atoms with Gasteiger partial charge in [-0.05, 0) is 6.07 Å². The molecule has 0 saturated carbocycles. The lowest BCUT2D eigenvalue weighted by Gasteiger charge is -2.09. The molecule has 0 spiro atoms. The number of carbonyl (C=O) groups is 1. The summed E-state index contributed by atoms with van der Waals surface area (Å²) in [6, 6.07) is 0.679. The Kier molecular flexibility index (Phi) is 3.98. The molecule has 3 nitrogen and oxygen atoms in total. The van der Waals surface area contributed by atoms with Crippen molar-refractivity contribution >= 4 is 34.9 Å². The topological polar surface area (TPSA) is 42.0 Å². The molecular formula is C8H5Cl2F3N2O. The summed E-state index contributed by atoms with van der Waals surface area (Å²) >= 11 is 10.7. The van der Waals surface area contributed by atoms with E-state index in [1.54, 1.807) is 0 Å². The normalized spacial score (nSPS) is 11.3. The highest BCUT2D eigenvalue weighted by Gasteiger charge is 2.31. The van der Waals surface area contributed by atoms with Crippen molar-refractivity contribution in [2.24, 2.45) is 0 Å². The van der Waals surface area contributed by atoms with Crippen LogP contribution in [0.1, 0.15) is 5.56 Å². The van der Waals surface area contributed by atoms with Gasteiger partial charge >= 0.3 is 6.18 Å². The van der Waals surface area contributed by atoms with Crippen molar-refractivity contribution in [2.75, 3.05) is 11.2 Å². The standard InChI is InChI=1S/C8H5Cl2F3N2O/c9-2-6(16)15-7-5(10)1-4(3-14-7)8(11,12)13/h1,3H,2H2,(H,14,15,16). The first-order chi connectivity index (χ1) is 7.34. The number of hydrogen-bond donors (Lipinski definition) is 1. The van der Waals surface area contributed by atoms with E-state index in [0.717, 1.165) is 0 Å². The SMILES string of the molecule is O=C(CCl)Nc1ncc(C(F)(F)F)cc1Cl. The summed E-state index contributed by atoms with van der Waals surface area (Å²) in [7, 11) is 0. The molecule has 0 aliphatic heterocycles. The first-order valence-corrected chi connectivity index (χ1v) is 4.84. The molecule has 0 fully saturated rings. The molecule has 1 aromatic rings. The van der Waals surface area contributed by atoms with E-state index in [1.165, 1.54) is 0 Å². The molecule has 0 radical (unpaired) electrons. The lowest BCUT2D eigenvalue weighted by atomic mass is 10.3. The molecule has 1 amide bonds. The molecule has 0 bridgehead atoms. The summed E-state index contributed by atoms with van der Waals surface area (Å²) in [4.78, 5) is 14.2. The highest BCUT2D eigenvalue weighted by atomic mass is 35.5. The Labute approximate surface area is 98.6 Å². The number of halogens is 5. The molecule has 88 valence electrons. The van der Waals surface area contributed by atoms with Crippen LogP contribution in [0.4, 0.5) is 19.0 Å². The van der Waals surface area contributed by atoms with E-state index in [2.05, 4.69) is 10.3 Å². The quantitative estimate of drug-likeness (QED) is 0.842. The third kappa shape index (κ3) is 3.24. The van der Waals surface area contributed by atoms with Crippen LogP contribution in [-0.4, -0.2) is 16.8 Å². The average molecular weight is 273 g/mol. The van der Waals surface area contributed by atoms with Gasteiger partial charge in [0.25, 0.3) is 0 Å². The highest BCUT2D eigenvalue weighted by molar-refractivity contribution is 6.34. The summed E-state index contributed by atoms with van der Waals surface area (Å²) in [6.07, 6.45) is -3.94. The van der Waals surface area contributed by atoms with Gasteiger partial charge in [0.05, 0.1) is 10.6 Å². The van der Waals surface area contributed by atoms with Crippen LogP contribution in [-0.2, 0) is 11.0 Å². The minimum atomic E-state index is -4.52. The van der Waals surface area contributed by atoms with Crippen molar-refractivity contribution in [3.05, 3.63) is 22.8 Å². The van der Waals surface area contributed by atoms with Gasteiger partial charge in [0, 0.05) is 6.20 Å². The van der Waals surface area contributed by atoms with Gasteiger partial charge in [0.2, 0.25) is 5.91 Å². The van der Waals surface area contributed by atoms with Crippen molar-refractivity contribution < 1.29 is 18.0 Å². The van der Waals surface area contributed by atoms with E-state index in [0.29, 0.717) is 12.3 Å². The molecule has 8 heteroatoms. The number of anilines is 1. The molecule has 1 aromatic heterocycles. The predicted octanol–water partition coefficient (Wildman–Crippen LogP) is 2.93. The zero-order valence-corrected chi connectivity index (χ0v) is 9.12. The lowest BCUT2D eigenvalue weighted by Crippen LogP contribution is -2.15. The van der Waals surface area contributed by atoms with E-state index in [1.807, 2.05) is 0 Å². The second-order valence-corrected chi connectivity index (χ2v) is 3.41. The van der Waals surface area contributed by atoms with Gasteiger partial charge in [0.15, 0.2) is 5.82 Å². The van der Waals surface area contributed by atoms with Crippen molar-refractivity contribution in [3.8, 4) is 0 Å².